The van der Waals surface area contributed by atoms with E-state index in [-0.39, 0.29) is 5.97 Å². The van der Waals surface area contributed by atoms with Gasteiger partial charge in [-0.3, -0.25) is 0 Å². The number of nitrogens with two attached hydrogens (primary N) is 1. The molecule has 1 fully saturated rings. The Kier molecular flexibility index (Phi) is 4.24. The van der Waals surface area contributed by atoms with Crippen LogP contribution in [0.1, 0.15) is 43.5 Å². The highest BCUT2D eigenvalue weighted by Crippen LogP contribution is 2.29. The van der Waals surface area contributed by atoms with E-state index in [1.807, 2.05) is 0 Å². The molecule has 2 rings (SSSR count). The Bertz CT molecular complexity index is 462. The Hall–Kier alpha value is -1.78. The zero-order valence-corrected chi connectivity index (χ0v) is 11.5. The number of rotatable bonds is 4. The Morgan fingerprint density at radius 2 is 2.37 bits per heavy atom. The minimum atomic E-state index is -0.356. The van der Waals surface area contributed by atoms with Gasteiger partial charge in [-0.15, -0.1) is 0 Å². The number of nitrogens with zero attached hydrogens (tertiary/aromatic N) is 1. The average Bonchev–Trinajstić information content (AvgIpc) is 2.77. The molecule has 1 aromatic heterocycles. The van der Waals surface area contributed by atoms with E-state index in [1.165, 1.54) is 6.42 Å². The molecular weight excluding hydrogens is 242 g/mol. The van der Waals surface area contributed by atoms with E-state index in [1.54, 1.807) is 19.2 Å². The van der Waals surface area contributed by atoms with Crippen molar-refractivity contribution >= 4 is 17.5 Å². The summed E-state index contributed by atoms with van der Waals surface area (Å²) in [5.41, 5.74) is 6.83. The third-order valence-corrected chi connectivity index (χ3v) is 3.47. The first-order valence-corrected chi connectivity index (χ1v) is 6.79. The number of esters is 1. The number of pyridine rings is 1. The van der Waals surface area contributed by atoms with Crippen LogP contribution in [0.2, 0.25) is 0 Å². The van der Waals surface area contributed by atoms with Crippen molar-refractivity contribution in [3.8, 4) is 0 Å². The molecule has 0 aliphatic heterocycles. The van der Waals surface area contributed by atoms with E-state index >= 15 is 0 Å². The van der Waals surface area contributed by atoms with Crippen LogP contribution in [0.15, 0.2) is 12.3 Å². The fourth-order valence-electron chi connectivity index (χ4n) is 2.52. The molecule has 0 bridgehead atoms. The molecule has 1 aromatic rings. The predicted octanol–water partition coefficient (Wildman–Crippen LogP) is 2.44. The van der Waals surface area contributed by atoms with Crippen molar-refractivity contribution in [1.82, 2.24) is 4.98 Å². The van der Waals surface area contributed by atoms with Crippen LogP contribution in [0.3, 0.4) is 0 Å². The number of nitrogen functional groups attached to an aromatic ring is 1. The second kappa shape index (κ2) is 5.91. The van der Waals surface area contributed by atoms with Gasteiger partial charge in [-0.2, -0.15) is 0 Å². The van der Waals surface area contributed by atoms with Crippen LogP contribution < -0.4 is 11.1 Å². The molecule has 0 spiro atoms. The number of ether oxygens (including phenoxy) is 1. The van der Waals surface area contributed by atoms with Crippen molar-refractivity contribution in [1.29, 1.82) is 0 Å². The summed E-state index contributed by atoms with van der Waals surface area (Å²) in [6.07, 6.45) is 5.07. The van der Waals surface area contributed by atoms with E-state index in [0.29, 0.717) is 29.7 Å². The monoisotopic (exact) mass is 263 g/mol. The Labute approximate surface area is 113 Å². The molecule has 2 unspecified atom stereocenters. The molecule has 0 saturated heterocycles. The zero-order chi connectivity index (χ0) is 13.8. The van der Waals surface area contributed by atoms with Crippen LogP contribution in [0, 0.1) is 5.92 Å². The quantitative estimate of drug-likeness (QED) is 0.816. The first kappa shape index (κ1) is 13.6. The van der Waals surface area contributed by atoms with Gasteiger partial charge in [0.2, 0.25) is 0 Å². The summed E-state index contributed by atoms with van der Waals surface area (Å²) in [7, 11) is 0. The second-order valence-electron chi connectivity index (χ2n) is 5.13. The fraction of sp³-hybridized carbons (Fsp3) is 0.571. The smallest absolute Gasteiger partial charge is 0.340 e. The van der Waals surface area contributed by atoms with Crippen LogP contribution in [0.25, 0.3) is 0 Å². The van der Waals surface area contributed by atoms with Crippen LogP contribution >= 0.6 is 0 Å². The molecule has 3 N–H and O–H groups in total. The van der Waals surface area contributed by atoms with E-state index in [9.17, 15) is 4.79 Å². The molecule has 19 heavy (non-hydrogen) atoms. The molecule has 0 amide bonds. The Balaban J connectivity index is 2.17. The lowest BCUT2D eigenvalue weighted by Crippen LogP contribution is -2.19. The molecular formula is C14H21N3O2. The number of carbonyl (C=O) groups is 1. The molecule has 1 heterocycles. The highest BCUT2D eigenvalue weighted by Gasteiger charge is 2.23. The maximum absolute atomic E-state index is 11.9. The molecule has 1 aliphatic carbocycles. The number of anilines is 2. The SMILES string of the molecule is CCOC(=O)c1cc(N)ncc1NC1CCC(C)C1. The highest BCUT2D eigenvalue weighted by molar-refractivity contribution is 5.96. The topological polar surface area (TPSA) is 77.2 Å². The van der Waals surface area contributed by atoms with Crippen molar-refractivity contribution in [3.63, 3.8) is 0 Å². The van der Waals surface area contributed by atoms with Gasteiger partial charge in [0.1, 0.15) is 5.82 Å². The summed E-state index contributed by atoms with van der Waals surface area (Å²) in [6.45, 7) is 4.38. The third-order valence-electron chi connectivity index (χ3n) is 3.47. The van der Waals surface area contributed by atoms with Gasteiger partial charge in [0, 0.05) is 6.04 Å². The van der Waals surface area contributed by atoms with E-state index in [4.69, 9.17) is 10.5 Å². The first-order chi connectivity index (χ1) is 9.10. The van der Waals surface area contributed by atoms with Crippen LogP contribution in [0.5, 0.6) is 0 Å². The van der Waals surface area contributed by atoms with Gasteiger partial charge < -0.3 is 15.8 Å². The van der Waals surface area contributed by atoms with Crippen molar-refractivity contribution < 1.29 is 9.53 Å². The summed E-state index contributed by atoms with van der Waals surface area (Å²) >= 11 is 0. The lowest BCUT2D eigenvalue weighted by atomic mass is 10.1. The molecule has 104 valence electrons. The minimum Gasteiger partial charge on any atom is -0.462 e. The van der Waals surface area contributed by atoms with Crippen LogP contribution in [-0.4, -0.2) is 23.6 Å². The van der Waals surface area contributed by atoms with Crippen molar-refractivity contribution in [2.45, 2.75) is 39.2 Å². The van der Waals surface area contributed by atoms with Crippen molar-refractivity contribution in [2.75, 3.05) is 17.7 Å². The van der Waals surface area contributed by atoms with Crippen molar-refractivity contribution in [3.05, 3.63) is 17.8 Å². The van der Waals surface area contributed by atoms with Gasteiger partial charge in [0.15, 0.2) is 0 Å². The Morgan fingerprint density at radius 3 is 3.00 bits per heavy atom. The van der Waals surface area contributed by atoms with Gasteiger partial charge in [-0.25, -0.2) is 9.78 Å². The number of aromatic nitrogens is 1. The number of carbonyl (C=O) groups excluding carboxylic acids is 1. The molecule has 5 heteroatoms. The van der Waals surface area contributed by atoms with Gasteiger partial charge >= 0.3 is 5.97 Å². The molecule has 0 radical (unpaired) electrons. The van der Waals surface area contributed by atoms with Gasteiger partial charge in [-0.05, 0) is 38.2 Å². The van der Waals surface area contributed by atoms with E-state index in [0.717, 1.165) is 18.8 Å². The largest absolute Gasteiger partial charge is 0.462 e. The van der Waals surface area contributed by atoms with Crippen LogP contribution in [0.4, 0.5) is 11.5 Å². The number of hydrogen-bond donors (Lipinski definition) is 2. The first-order valence-electron chi connectivity index (χ1n) is 6.79. The summed E-state index contributed by atoms with van der Waals surface area (Å²) in [6, 6.07) is 1.97. The van der Waals surface area contributed by atoms with E-state index < -0.39 is 0 Å². The third kappa shape index (κ3) is 3.36. The minimum absolute atomic E-state index is 0.327. The number of nitrogens with one attached hydrogen (secondary N) is 1. The fourth-order valence-corrected chi connectivity index (χ4v) is 2.52. The molecule has 2 atom stereocenters. The second-order valence-corrected chi connectivity index (χ2v) is 5.13. The summed E-state index contributed by atoms with van der Waals surface area (Å²) in [5.74, 6) is 0.698. The average molecular weight is 263 g/mol. The van der Waals surface area contributed by atoms with Crippen LogP contribution in [-0.2, 0) is 4.74 Å². The molecule has 1 saturated carbocycles. The standard InChI is InChI=1S/C14H21N3O2/c1-3-19-14(18)11-7-13(15)16-8-12(11)17-10-5-4-9(2)6-10/h7-10,17H,3-6H2,1-2H3,(H2,15,16). The van der Waals surface area contributed by atoms with Gasteiger partial charge in [0.25, 0.3) is 0 Å². The Morgan fingerprint density at radius 1 is 1.58 bits per heavy atom. The summed E-state index contributed by atoms with van der Waals surface area (Å²) in [4.78, 5) is 16.0. The highest BCUT2D eigenvalue weighted by atomic mass is 16.5. The summed E-state index contributed by atoms with van der Waals surface area (Å²) in [5, 5.41) is 3.39. The lowest BCUT2D eigenvalue weighted by molar-refractivity contribution is 0.0527. The van der Waals surface area contributed by atoms with Gasteiger partial charge in [0.05, 0.1) is 24.1 Å². The van der Waals surface area contributed by atoms with Gasteiger partial charge in [-0.1, -0.05) is 6.92 Å². The lowest BCUT2D eigenvalue weighted by Gasteiger charge is -2.16. The number of hydrogen-bond acceptors (Lipinski definition) is 5. The van der Waals surface area contributed by atoms with E-state index in [2.05, 4.69) is 17.2 Å². The summed E-state index contributed by atoms with van der Waals surface area (Å²) < 4.78 is 5.05. The van der Waals surface area contributed by atoms with Crippen molar-refractivity contribution in [2.24, 2.45) is 5.92 Å². The predicted molar refractivity (Wildman–Crippen MR) is 75.0 cm³/mol. The maximum atomic E-state index is 11.9. The molecule has 5 nitrogen and oxygen atoms in total. The zero-order valence-electron chi connectivity index (χ0n) is 11.5. The molecule has 0 aromatic carbocycles. The molecule has 1 aliphatic rings. The maximum Gasteiger partial charge on any atom is 0.340 e. The normalized spacial score (nSPS) is 22.2.